The number of thiazole rings is 1. The molecule has 4 aromatic rings. The Morgan fingerprint density at radius 2 is 2.00 bits per heavy atom. The predicted octanol–water partition coefficient (Wildman–Crippen LogP) is 5.43. The van der Waals surface area contributed by atoms with E-state index < -0.39 is 0 Å². The Kier molecular flexibility index (Phi) is 4.49. The molecule has 26 heavy (non-hydrogen) atoms. The highest BCUT2D eigenvalue weighted by molar-refractivity contribution is 7.22. The Morgan fingerprint density at radius 1 is 1.19 bits per heavy atom. The van der Waals surface area contributed by atoms with Gasteiger partial charge in [0.2, 0.25) is 0 Å². The molecule has 0 fully saturated rings. The zero-order valence-corrected chi connectivity index (χ0v) is 15.5. The Balaban J connectivity index is 1.47. The first-order chi connectivity index (χ1) is 12.6. The molecule has 0 spiro atoms. The molecule has 0 radical (unpaired) electrons. The Labute approximate surface area is 159 Å². The van der Waals surface area contributed by atoms with Crippen molar-refractivity contribution in [1.29, 1.82) is 0 Å². The maximum absolute atomic E-state index is 12.2. The van der Waals surface area contributed by atoms with Gasteiger partial charge in [0.15, 0.2) is 11.7 Å². The molecule has 3 aromatic carbocycles. The Hall–Kier alpha value is -2.63. The number of aromatic nitrogens is 1. The van der Waals surface area contributed by atoms with Gasteiger partial charge >= 0.3 is 0 Å². The molecule has 0 aliphatic rings. The van der Waals surface area contributed by atoms with Crippen LogP contribution in [-0.4, -0.2) is 17.5 Å². The second kappa shape index (κ2) is 6.94. The highest BCUT2D eigenvalue weighted by atomic mass is 35.5. The first-order valence-corrected chi connectivity index (χ1v) is 9.27. The molecule has 0 saturated carbocycles. The summed E-state index contributed by atoms with van der Waals surface area (Å²) >= 11 is 7.54. The lowest BCUT2D eigenvalue weighted by Gasteiger charge is -2.08. The SMILES string of the molecule is Cc1cc2sc(NC(=O)COc3cccc4ccccc34)nc2cc1Cl. The van der Waals surface area contributed by atoms with Crippen molar-refractivity contribution in [3.8, 4) is 5.75 Å². The van der Waals surface area contributed by atoms with E-state index in [-0.39, 0.29) is 12.5 Å². The molecular formula is C20H15ClN2O2S. The number of carbonyl (C=O) groups excluding carboxylic acids is 1. The average molecular weight is 383 g/mol. The summed E-state index contributed by atoms with van der Waals surface area (Å²) in [6.45, 7) is 1.86. The van der Waals surface area contributed by atoms with Crippen LogP contribution < -0.4 is 10.1 Å². The molecule has 0 aliphatic heterocycles. The van der Waals surface area contributed by atoms with Crippen molar-refractivity contribution in [3.05, 3.63) is 65.2 Å². The Bertz CT molecular complexity index is 1080. The van der Waals surface area contributed by atoms with Gasteiger partial charge in [-0.05, 0) is 36.1 Å². The minimum Gasteiger partial charge on any atom is -0.483 e. The molecule has 0 aliphatic carbocycles. The fourth-order valence-corrected chi connectivity index (χ4v) is 3.84. The number of nitrogens with zero attached hydrogens (tertiary/aromatic N) is 1. The van der Waals surface area contributed by atoms with Crippen LogP contribution in [0.15, 0.2) is 54.6 Å². The molecule has 4 rings (SSSR count). The van der Waals surface area contributed by atoms with E-state index >= 15 is 0 Å². The number of ether oxygens (including phenoxy) is 1. The third-order valence-electron chi connectivity index (χ3n) is 4.02. The maximum atomic E-state index is 12.2. The molecule has 1 amide bonds. The van der Waals surface area contributed by atoms with Crippen LogP contribution in [0.4, 0.5) is 5.13 Å². The number of carbonyl (C=O) groups is 1. The molecule has 0 bridgehead atoms. The van der Waals surface area contributed by atoms with Crippen LogP contribution >= 0.6 is 22.9 Å². The fraction of sp³-hybridized carbons (Fsp3) is 0.100. The van der Waals surface area contributed by atoms with Crippen molar-refractivity contribution in [3.63, 3.8) is 0 Å². The van der Waals surface area contributed by atoms with E-state index in [2.05, 4.69) is 10.3 Å². The number of nitrogens with one attached hydrogen (secondary N) is 1. The second-order valence-electron chi connectivity index (χ2n) is 5.90. The average Bonchev–Trinajstić information content (AvgIpc) is 3.01. The maximum Gasteiger partial charge on any atom is 0.264 e. The van der Waals surface area contributed by atoms with Gasteiger partial charge in [0.25, 0.3) is 5.91 Å². The van der Waals surface area contributed by atoms with Crippen LogP contribution in [0.3, 0.4) is 0 Å². The third kappa shape index (κ3) is 3.36. The predicted molar refractivity (Wildman–Crippen MR) is 107 cm³/mol. The van der Waals surface area contributed by atoms with Crippen molar-refractivity contribution in [1.82, 2.24) is 4.98 Å². The van der Waals surface area contributed by atoms with Gasteiger partial charge in [-0.15, -0.1) is 0 Å². The number of hydrogen-bond acceptors (Lipinski definition) is 4. The van der Waals surface area contributed by atoms with Crippen LogP contribution in [0.1, 0.15) is 5.56 Å². The molecule has 4 nitrogen and oxygen atoms in total. The summed E-state index contributed by atoms with van der Waals surface area (Å²) < 4.78 is 6.69. The second-order valence-corrected chi connectivity index (χ2v) is 7.34. The number of halogens is 1. The number of anilines is 1. The van der Waals surface area contributed by atoms with Crippen molar-refractivity contribution in [2.75, 3.05) is 11.9 Å². The van der Waals surface area contributed by atoms with E-state index in [4.69, 9.17) is 16.3 Å². The molecule has 1 aromatic heterocycles. The fourth-order valence-electron chi connectivity index (χ4n) is 2.72. The summed E-state index contributed by atoms with van der Waals surface area (Å²) in [5, 5.41) is 6.04. The summed E-state index contributed by atoms with van der Waals surface area (Å²) in [4.78, 5) is 16.6. The number of amides is 1. The highest BCUT2D eigenvalue weighted by Crippen LogP contribution is 2.30. The van der Waals surface area contributed by atoms with Crippen molar-refractivity contribution in [2.24, 2.45) is 0 Å². The zero-order chi connectivity index (χ0) is 18.1. The minimum atomic E-state index is -0.250. The van der Waals surface area contributed by atoms with Gasteiger partial charge in [0.1, 0.15) is 5.75 Å². The van der Waals surface area contributed by atoms with Gasteiger partial charge in [-0.2, -0.15) is 0 Å². The lowest BCUT2D eigenvalue weighted by Crippen LogP contribution is -2.20. The first kappa shape index (κ1) is 16.8. The molecule has 0 saturated heterocycles. The summed E-state index contributed by atoms with van der Waals surface area (Å²) in [7, 11) is 0. The molecule has 6 heteroatoms. The van der Waals surface area contributed by atoms with Crippen molar-refractivity contribution < 1.29 is 9.53 Å². The van der Waals surface area contributed by atoms with Crippen LogP contribution in [-0.2, 0) is 4.79 Å². The Morgan fingerprint density at radius 3 is 2.88 bits per heavy atom. The van der Waals surface area contributed by atoms with Crippen LogP contribution in [0.25, 0.3) is 21.0 Å². The summed E-state index contributed by atoms with van der Waals surface area (Å²) in [5.74, 6) is 0.435. The van der Waals surface area contributed by atoms with Gasteiger partial charge in [0.05, 0.1) is 10.2 Å². The number of aryl methyl sites for hydroxylation is 1. The van der Waals surface area contributed by atoms with Gasteiger partial charge in [-0.3, -0.25) is 10.1 Å². The van der Waals surface area contributed by atoms with Crippen molar-refractivity contribution >= 4 is 55.0 Å². The van der Waals surface area contributed by atoms with Gasteiger partial charge < -0.3 is 4.74 Å². The van der Waals surface area contributed by atoms with E-state index in [0.29, 0.717) is 15.9 Å². The smallest absolute Gasteiger partial charge is 0.264 e. The molecule has 130 valence electrons. The molecule has 0 unspecified atom stereocenters. The van der Waals surface area contributed by atoms with Gasteiger partial charge in [-0.25, -0.2) is 4.98 Å². The van der Waals surface area contributed by atoms with Crippen LogP contribution in [0.2, 0.25) is 5.02 Å². The first-order valence-electron chi connectivity index (χ1n) is 8.07. The number of hydrogen-bond donors (Lipinski definition) is 1. The number of fused-ring (bicyclic) bond motifs is 2. The summed E-state index contributed by atoms with van der Waals surface area (Å²) in [6.07, 6.45) is 0. The van der Waals surface area contributed by atoms with E-state index in [1.54, 1.807) is 0 Å². The normalized spacial score (nSPS) is 11.0. The quantitative estimate of drug-likeness (QED) is 0.512. The summed E-state index contributed by atoms with van der Waals surface area (Å²) in [5.41, 5.74) is 1.76. The van der Waals surface area contributed by atoms with E-state index in [1.165, 1.54) is 11.3 Å². The molecule has 0 atom stereocenters. The zero-order valence-electron chi connectivity index (χ0n) is 14.0. The monoisotopic (exact) mass is 382 g/mol. The summed E-state index contributed by atoms with van der Waals surface area (Å²) in [6, 6.07) is 17.5. The van der Waals surface area contributed by atoms with E-state index in [1.807, 2.05) is 61.5 Å². The van der Waals surface area contributed by atoms with Gasteiger partial charge in [-0.1, -0.05) is 59.3 Å². The molecule has 1 heterocycles. The number of benzene rings is 3. The number of rotatable bonds is 4. The van der Waals surface area contributed by atoms with Gasteiger partial charge in [0, 0.05) is 10.4 Å². The van der Waals surface area contributed by atoms with Crippen LogP contribution in [0.5, 0.6) is 5.75 Å². The topological polar surface area (TPSA) is 51.2 Å². The lowest BCUT2D eigenvalue weighted by atomic mass is 10.1. The highest BCUT2D eigenvalue weighted by Gasteiger charge is 2.11. The third-order valence-corrected chi connectivity index (χ3v) is 5.36. The molecular weight excluding hydrogens is 368 g/mol. The van der Waals surface area contributed by atoms with Crippen molar-refractivity contribution in [2.45, 2.75) is 6.92 Å². The molecule has 1 N–H and O–H groups in total. The standard InChI is InChI=1S/C20H15ClN2O2S/c1-12-9-18-16(10-15(12)21)22-20(26-18)23-19(24)11-25-17-8-4-6-13-5-2-3-7-14(13)17/h2-10H,11H2,1H3,(H,22,23,24). The van der Waals surface area contributed by atoms with E-state index in [0.717, 1.165) is 26.6 Å². The largest absolute Gasteiger partial charge is 0.483 e. The minimum absolute atomic E-state index is 0.0796. The van der Waals surface area contributed by atoms with Crippen LogP contribution in [0, 0.1) is 6.92 Å². The van der Waals surface area contributed by atoms with E-state index in [9.17, 15) is 4.79 Å². The lowest BCUT2D eigenvalue weighted by molar-refractivity contribution is -0.118.